The molecule has 1 aliphatic rings. The molecule has 0 unspecified atom stereocenters. The second-order valence-electron chi connectivity index (χ2n) is 17.0. The molecule has 61 heavy (non-hydrogen) atoms. The van der Waals surface area contributed by atoms with E-state index in [-0.39, 0.29) is 0 Å². The van der Waals surface area contributed by atoms with Gasteiger partial charge in [0.05, 0.1) is 13.8 Å². The average Bonchev–Trinajstić information content (AvgIpc) is 3.30. The Labute approximate surface area is 363 Å². The van der Waals surface area contributed by atoms with Crippen LogP contribution in [0.25, 0.3) is 54.6 Å². The number of para-hydroxylation sites is 2. The highest BCUT2D eigenvalue weighted by Crippen LogP contribution is 2.52. The van der Waals surface area contributed by atoms with E-state index < -0.39 is 8.07 Å². The first-order chi connectivity index (χ1) is 29.9. The molecule has 292 valence electrons. The molecule has 0 aromatic heterocycles. The van der Waals surface area contributed by atoms with Gasteiger partial charge in [0, 0.05) is 49.0 Å². The van der Waals surface area contributed by atoms with Crippen molar-refractivity contribution in [1.29, 1.82) is 0 Å². The summed E-state index contributed by atoms with van der Waals surface area (Å²) in [5, 5.41) is 9.09. The van der Waals surface area contributed by atoms with Gasteiger partial charge in [-0.3, -0.25) is 0 Å². The number of hydrogen-bond acceptors (Lipinski definition) is 3. The topological polar surface area (TPSA) is 6.48 Å². The van der Waals surface area contributed by atoms with Crippen molar-refractivity contribution in [1.82, 2.24) is 0 Å². The second-order valence-corrected chi connectivity index (χ2v) is 23.2. The predicted octanol–water partition coefficient (Wildman–Crippen LogP) is 16.4. The van der Waals surface area contributed by atoms with Crippen LogP contribution in [0.3, 0.4) is 0 Å². The van der Waals surface area contributed by atoms with Gasteiger partial charge in [0.2, 0.25) is 0 Å². The van der Waals surface area contributed by atoms with Gasteiger partial charge in [-0.05, 0) is 129 Å². The van der Waals surface area contributed by atoms with E-state index in [0.717, 1.165) is 22.7 Å². The molecule has 1 aliphatic heterocycles. The highest BCUT2D eigenvalue weighted by atomic mass is 32.2. The second kappa shape index (κ2) is 15.0. The van der Waals surface area contributed by atoms with E-state index in [4.69, 9.17) is 0 Å². The molecule has 0 fully saturated rings. The third-order valence-electron chi connectivity index (χ3n) is 12.2. The molecule has 10 aromatic carbocycles. The fourth-order valence-corrected chi connectivity index (χ4v) is 11.4. The average molecular weight is 817 g/mol. The van der Waals surface area contributed by atoms with Crippen LogP contribution in [-0.2, 0) is 0 Å². The highest BCUT2D eigenvalue weighted by molar-refractivity contribution is 7.99. The normalized spacial score (nSPS) is 12.1. The van der Waals surface area contributed by atoms with Crippen LogP contribution >= 0.6 is 11.8 Å². The van der Waals surface area contributed by atoms with Gasteiger partial charge >= 0.3 is 0 Å². The quantitative estimate of drug-likeness (QED) is 0.111. The van der Waals surface area contributed by atoms with Crippen LogP contribution in [0.1, 0.15) is 0 Å². The number of rotatable bonds is 8. The van der Waals surface area contributed by atoms with Gasteiger partial charge in [-0.25, -0.2) is 0 Å². The van der Waals surface area contributed by atoms with E-state index >= 15 is 0 Å². The molecule has 0 saturated carbocycles. The van der Waals surface area contributed by atoms with E-state index in [1.165, 1.54) is 80.9 Å². The first kappa shape index (κ1) is 37.2. The van der Waals surface area contributed by atoms with Crippen LogP contribution in [0.5, 0.6) is 0 Å². The summed E-state index contributed by atoms with van der Waals surface area (Å²) in [4.78, 5) is 7.32. The molecule has 0 spiro atoms. The summed E-state index contributed by atoms with van der Waals surface area (Å²) in [6, 6.07) is 78.2. The molecule has 0 saturated heterocycles. The highest BCUT2D eigenvalue weighted by Gasteiger charge is 2.24. The number of anilines is 6. The van der Waals surface area contributed by atoms with Crippen LogP contribution in [0.2, 0.25) is 19.6 Å². The van der Waals surface area contributed by atoms with Gasteiger partial charge in [0.15, 0.2) is 0 Å². The summed E-state index contributed by atoms with van der Waals surface area (Å²) in [6.45, 7) is 7.21. The zero-order valence-corrected chi connectivity index (χ0v) is 36.3. The van der Waals surface area contributed by atoms with Gasteiger partial charge in [-0.15, -0.1) is 0 Å². The van der Waals surface area contributed by atoms with Crippen LogP contribution < -0.4 is 15.0 Å². The lowest BCUT2D eigenvalue weighted by Gasteiger charge is -2.29. The monoisotopic (exact) mass is 816 g/mol. The van der Waals surface area contributed by atoms with E-state index in [1.54, 1.807) is 0 Å². The Morgan fingerprint density at radius 1 is 0.361 bits per heavy atom. The Morgan fingerprint density at radius 3 is 1.69 bits per heavy atom. The lowest BCUT2D eigenvalue weighted by atomic mass is 9.91. The number of nitrogens with zero attached hydrogens (tertiary/aromatic N) is 2. The maximum absolute atomic E-state index is 2.41. The fourth-order valence-electron chi connectivity index (χ4n) is 9.07. The molecule has 10 aromatic rings. The van der Waals surface area contributed by atoms with Crippen LogP contribution in [0.4, 0.5) is 34.1 Å². The van der Waals surface area contributed by atoms with Crippen molar-refractivity contribution < 1.29 is 0 Å². The minimum absolute atomic E-state index is 1.14. The largest absolute Gasteiger partial charge is 0.311 e. The summed E-state index contributed by atoms with van der Waals surface area (Å²) >= 11 is 1.88. The van der Waals surface area contributed by atoms with Crippen LogP contribution in [0.15, 0.2) is 222 Å². The van der Waals surface area contributed by atoms with E-state index in [1.807, 2.05) is 11.8 Å². The standard InChI is InChI=1S/C57H44N2SSi/c1-61(2,3)48-33-30-46(31-34-48)58(43-16-6-4-7-17-43)45-28-26-39(27-29-45)41-24-25-42-37-53-50-35-32-47(38-56(50)60-55-23-13-21-51(57(53)55)52(42)36-41)59(44-18-8-5-9-19-44)54-22-12-15-40-14-10-11-20-49(40)54/h4-38H,1-3H3. The Hall–Kier alpha value is -6.85. The molecule has 2 nitrogen and oxygen atoms in total. The Morgan fingerprint density at radius 2 is 0.951 bits per heavy atom. The van der Waals surface area contributed by atoms with Crippen LogP contribution in [0, 0.1) is 0 Å². The molecular formula is C57H44N2SSi. The van der Waals surface area contributed by atoms with Crippen molar-refractivity contribution in [3.8, 4) is 22.3 Å². The first-order valence-corrected chi connectivity index (χ1v) is 25.4. The molecule has 0 atom stereocenters. The van der Waals surface area contributed by atoms with Gasteiger partial charge in [0.25, 0.3) is 0 Å². The molecule has 11 rings (SSSR count). The molecule has 0 aliphatic carbocycles. The van der Waals surface area contributed by atoms with E-state index in [0.29, 0.717) is 0 Å². The maximum atomic E-state index is 2.41. The van der Waals surface area contributed by atoms with Crippen molar-refractivity contribution in [2.75, 3.05) is 9.80 Å². The number of benzene rings is 10. The van der Waals surface area contributed by atoms with Gasteiger partial charge in [-0.2, -0.15) is 0 Å². The zero-order chi connectivity index (χ0) is 41.1. The molecular weight excluding hydrogens is 773 g/mol. The maximum Gasteiger partial charge on any atom is 0.0775 e. The summed E-state index contributed by atoms with van der Waals surface area (Å²) < 4.78 is 0. The van der Waals surface area contributed by atoms with Crippen molar-refractivity contribution >= 4 is 91.5 Å². The Balaban J connectivity index is 0.967. The lowest BCUT2D eigenvalue weighted by Crippen LogP contribution is -2.37. The summed E-state index contributed by atoms with van der Waals surface area (Å²) in [5.41, 5.74) is 11.9. The predicted molar refractivity (Wildman–Crippen MR) is 266 cm³/mol. The van der Waals surface area contributed by atoms with Crippen molar-refractivity contribution in [3.63, 3.8) is 0 Å². The molecule has 1 heterocycles. The SMILES string of the molecule is C[Si](C)(C)c1ccc(N(c2ccccc2)c2ccc(-c3ccc4cc5c6c(cccc6c4c3)Sc3cc(N(c4ccccc4)c4cccc6ccccc46)ccc3-5)cc2)cc1. The van der Waals surface area contributed by atoms with Gasteiger partial charge in [0.1, 0.15) is 0 Å². The van der Waals surface area contributed by atoms with Gasteiger partial charge < -0.3 is 9.80 Å². The number of hydrogen-bond donors (Lipinski definition) is 0. The molecule has 0 radical (unpaired) electrons. The summed E-state index contributed by atoms with van der Waals surface area (Å²) in [5.74, 6) is 0. The van der Waals surface area contributed by atoms with E-state index in [2.05, 4.69) is 242 Å². The van der Waals surface area contributed by atoms with Gasteiger partial charge in [-0.1, -0.05) is 164 Å². The van der Waals surface area contributed by atoms with Crippen molar-refractivity contribution in [2.24, 2.45) is 0 Å². The molecule has 0 N–H and O–H groups in total. The number of fused-ring (bicyclic) bond motifs is 5. The summed E-state index contributed by atoms with van der Waals surface area (Å²) in [6.07, 6.45) is 0. The van der Waals surface area contributed by atoms with Crippen LogP contribution in [-0.4, -0.2) is 8.07 Å². The zero-order valence-electron chi connectivity index (χ0n) is 34.5. The first-order valence-electron chi connectivity index (χ1n) is 21.1. The lowest BCUT2D eigenvalue weighted by molar-refractivity contribution is 1.27. The molecule has 4 heteroatoms. The Kier molecular flexibility index (Phi) is 9.14. The smallest absolute Gasteiger partial charge is 0.0775 e. The minimum Gasteiger partial charge on any atom is -0.311 e. The third-order valence-corrected chi connectivity index (χ3v) is 15.3. The minimum atomic E-state index is -1.41. The molecule has 0 amide bonds. The summed E-state index contributed by atoms with van der Waals surface area (Å²) in [7, 11) is -1.41. The molecule has 0 bridgehead atoms. The third kappa shape index (κ3) is 6.69. The van der Waals surface area contributed by atoms with Crippen molar-refractivity contribution in [2.45, 2.75) is 29.4 Å². The fraction of sp³-hybridized carbons (Fsp3) is 0.0526. The van der Waals surface area contributed by atoms with Crippen molar-refractivity contribution in [3.05, 3.63) is 212 Å². The van der Waals surface area contributed by atoms with E-state index in [9.17, 15) is 0 Å². The Bertz CT molecular complexity index is 3240.